The van der Waals surface area contributed by atoms with E-state index in [9.17, 15) is 0 Å². The Bertz CT molecular complexity index is 763. The molecule has 0 heterocycles. The molecule has 0 bridgehead atoms. The van der Waals surface area contributed by atoms with E-state index in [0.29, 0.717) is 12.5 Å². The second-order valence-corrected chi connectivity index (χ2v) is 6.19. The van der Waals surface area contributed by atoms with Crippen LogP contribution in [0.1, 0.15) is 41.5 Å². The molecule has 0 amide bonds. The molecule has 1 atom stereocenters. The number of hydrogen-bond donors (Lipinski definition) is 0. The summed E-state index contributed by atoms with van der Waals surface area (Å²) in [5, 5.41) is 0. The maximum absolute atomic E-state index is 6.18. The monoisotopic (exact) mass is 316 g/mol. The molecule has 24 heavy (non-hydrogen) atoms. The summed E-state index contributed by atoms with van der Waals surface area (Å²) in [7, 11) is 0. The van der Waals surface area contributed by atoms with E-state index in [0.717, 1.165) is 12.2 Å². The Morgan fingerprint density at radius 2 is 1.50 bits per heavy atom. The highest BCUT2D eigenvalue weighted by molar-refractivity contribution is 5.44. The fourth-order valence-electron chi connectivity index (χ4n) is 3.13. The van der Waals surface area contributed by atoms with E-state index in [2.05, 4.69) is 74.5 Å². The zero-order valence-electron chi connectivity index (χ0n) is 14.4. The number of ether oxygens (including phenoxy) is 1. The van der Waals surface area contributed by atoms with Crippen LogP contribution in [0.4, 0.5) is 0 Å². The Kier molecular flexibility index (Phi) is 5.32. The highest BCUT2D eigenvalue weighted by atomic mass is 16.5. The van der Waals surface area contributed by atoms with Gasteiger partial charge in [-0.15, -0.1) is 0 Å². The molecular weight excluding hydrogens is 292 g/mol. The predicted molar refractivity (Wildman–Crippen MR) is 101 cm³/mol. The Labute approximate surface area is 144 Å². The van der Waals surface area contributed by atoms with Crippen molar-refractivity contribution in [2.45, 2.75) is 32.8 Å². The molecule has 1 heteroatoms. The molecule has 0 saturated heterocycles. The van der Waals surface area contributed by atoms with Crippen molar-refractivity contribution >= 4 is 0 Å². The lowest BCUT2D eigenvalue weighted by molar-refractivity contribution is 0.301. The van der Waals surface area contributed by atoms with Gasteiger partial charge in [0.25, 0.3) is 0 Å². The Hall–Kier alpha value is -2.54. The zero-order valence-corrected chi connectivity index (χ0v) is 14.4. The molecule has 0 aliphatic carbocycles. The smallest absolute Gasteiger partial charge is 0.123 e. The van der Waals surface area contributed by atoms with Crippen molar-refractivity contribution in [2.75, 3.05) is 0 Å². The molecule has 3 rings (SSSR count). The first-order valence-electron chi connectivity index (χ1n) is 8.60. The molecule has 1 unspecified atom stereocenters. The van der Waals surface area contributed by atoms with Crippen molar-refractivity contribution in [3.8, 4) is 5.75 Å². The molecule has 0 saturated carbocycles. The minimum absolute atomic E-state index is 0.358. The van der Waals surface area contributed by atoms with Crippen LogP contribution in [0.2, 0.25) is 0 Å². The van der Waals surface area contributed by atoms with Gasteiger partial charge in [0.1, 0.15) is 12.4 Å². The van der Waals surface area contributed by atoms with E-state index in [-0.39, 0.29) is 0 Å². The molecule has 3 aromatic rings. The molecule has 0 aliphatic rings. The number of rotatable bonds is 6. The first-order chi connectivity index (χ1) is 11.8. The number of aryl methyl sites for hydroxylation is 1. The fraction of sp³-hybridized carbons (Fsp3) is 0.217. The Morgan fingerprint density at radius 3 is 2.17 bits per heavy atom. The van der Waals surface area contributed by atoms with Gasteiger partial charge in [0.2, 0.25) is 0 Å². The topological polar surface area (TPSA) is 9.23 Å². The van der Waals surface area contributed by atoms with Crippen LogP contribution in [0.15, 0.2) is 78.9 Å². The Balaban J connectivity index is 1.90. The first kappa shape index (κ1) is 16.3. The summed E-state index contributed by atoms with van der Waals surface area (Å²) in [5.74, 6) is 1.34. The summed E-state index contributed by atoms with van der Waals surface area (Å²) in [5.41, 5.74) is 5.08. The van der Waals surface area contributed by atoms with Gasteiger partial charge in [0.05, 0.1) is 0 Å². The molecule has 122 valence electrons. The van der Waals surface area contributed by atoms with Crippen LogP contribution in [0.3, 0.4) is 0 Å². The summed E-state index contributed by atoms with van der Waals surface area (Å²) in [6.45, 7) is 4.98. The van der Waals surface area contributed by atoms with Crippen molar-refractivity contribution in [2.24, 2.45) is 0 Å². The van der Waals surface area contributed by atoms with E-state index in [1.54, 1.807) is 0 Å². The molecule has 1 nitrogen and oxygen atoms in total. The highest BCUT2D eigenvalue weighted by Gasteiger charge is 2.17. The average Bonchev–Trinajstić information content (AvgIpc) is 2.63. The van der Waals surface area contributed by atoms with Crippen LogP contribution in [0.5, 0.6) is 5.75 Å². The van der Waals surface area contributed by atoms with Gasteiger partial charge in [-0.1, -0.05) is 85.3 Å². The van der Waals surface area contributed by atoms with E-state index >= 15 is 0 Å². The van der Waals surface area contributed by atoms with Crippen molar-refractivity contribution in [3.05, 3.63) is 101 Å². The van der Waals surface area contributed by atoms with E-state index in [4.69, 9.17) is 4.74 Å². The van der Waals surface area contributed by atoms with Gasteiger partial charge in [0.15, 0.2) is 0 Å². The van der Waals surface area contributed by atoms with Crippen molar-refractivity contribution in [3.63, 3.8) is 0 Å². The molecule has 0 fully saturated rings. The largest absolute Gasteiger partial charge is 0.489 e. The maximum Gasteiger partial charge on any atom is 0.123 e. The Morgan fingerprint density at radius 1 is 0.833 bits per heavy atom. The predicted octanol–water partition coefficient (Wildman–Crippen LogP) is 6.12. The molecule has 0 spiro atoms. The normalized spacial score (nSPS) is 11.9. The first-order valence-corrected chi connectivity index (χ1v) is 8.60. The maximum atomic E-state index is 6.18. The van der Waals surface area contributed by atoms with Crippen LogP contribution in [-0.2, 0) is 6.61 Å². The highest BCUT2D eigenvalue weighted by Crippen LogP contribution is 2.35. The third-order valence-electron chi connectivity index (χ3n) is 4.39. The van der Waals surface area contributed by atoms with Crippen molar-refractivity contribution in [1.29, 1.82) is 0 Å². The van der Waals surface area contributed by atoms with Crippen LogP contribution >= 0.6 is 0 Å². The second-order valence-electron chi connectivity index (χ2n) is 6.19. The van der Waals surface area contributed by atoms with Gasteiger partial charge in [-0.2, -0.15) is 0 Å². The van der Waals surface area contributed by atoms with Crippen molar-refractivity contribution in [1.82, 2.24) is 0 Å². The third-order valence-corrected chi connectivity index (χ3v) is 4.39. The van der Waals surface area contributed by atoms with E-state index in [1.807, 2.05) is 18.2 Å². The summed E-state index contributed by atoms with van der Waals surface area (Å²) in [6, 6.07) is 27.5. The van der Waals surface area contributed by atoms with Gasteiger partial charge >= 0.3 is 0 Å². The van der Waals surface area contributed by atoms with Gasteiger partial charge in [-0.05, 0) is 30.5 Å². The van der Waals surface area contributed by atoms with Crippen LogP contribution in [0, 0.1) is 6.92 Å². The third kappa shape index (κ3) is 3.86. The fourth-order valence-corrected chi connectivity index (χ4v) is 3.13. The lowest BCUT2D eigenvalue weighted by Crippen LogP contribution is -2.05. The average molecular weight is 316 g/mol. The summed E-state index contributed by atoms with van der Waals surface area (Å²) in [6.07, 6.45) is 1.05. The molecule has 0 aromatic heterocycles. The number of hydrogen-bond acceptors (Lipinski definition) is 1. The van der Waals surface area contributed by atoms with Gasteiger partial charge in [0, 0.05) is 11.5 Å². The van der Waals surface area contributed by atoms with E-state index in [1.165, 1.54) is 22.3 Å². The van der Waals surface area contributed by atoms with Gasteiger partial charge in [-0.3, -0.25) is 0 Å². The minimum Gasteiger partial charge on any atom is -0.489 e. The molecular formula is C23H24O. The summed E-state index contributed by atoms with van der Waals surface area (Å²) >= 11 is 0. The summed E-state index contributed by atoms with van der Waals surface area (Å²) < 4.78 is 6.18. The standard InChI is InChI=1S/C23H24O/c1-3-21(20-12-8-5-9-13-20)22-16-18(2)14-15-23(22)24-17-19-10-6-4-7-11-19/h4-16,21H,3,17H2,1-2H3. The van der Waals surface area contributed by atoms with Crippen LogP contribution in [0.25, 0.3) is 0 Å². The van der Waals surface area contributed by atoms with Gasteiger partial charge < -0.3 is 4.74 Å². The molecule has 3 aromatic carbocycles. The van der Waals surface area contributed by atoms with Gasteiger partial charge in [-0.25, -0.2) is 0 Å². The van der Waals surface area contributed by atoms with Crippen LogP contribution in [-0.4, -0.2) is 0 Å². The molecule has 0 N–H and O–H groups in total. The molecule has 0 aliphatic heterocycles. The van der Waals surface area contributed by atoms with Crippen LogP contribution < -0.4 is 4.74 Å². The van der Waals surface area contributed by atoms with Crippen molar-refractivity contribution < 1.29 is 4.74 Å². The lowest BCUT2D eigenvalue weighted by atomic mass is 9.88. The molecule has 0 radical (unpaired) electrons. The minimum atomic E-state index is 0.358. The summed E-state index contributed by atoms with van der Waals surface area (Å²) in [4.78, 5) is 0. The van der Waals surface area contributed by atoms with E-state index < -0.39 is 0 Å². The zero-order chi connectivity index (χ0) is 16.8. The SMILES string of the molecule is CCC(c1ccccc1)c1cc(C)ccc1OCc1ccccc1. The second kappa shape index (κ2) is 7.83. The number of benzene rings is 3. The quantitative estimate of drug-likeness (QED) is 0.532. The lowest BCUT2D eigenvalue weighted by Gasteiger charge is -2.20.